The summed E-state index contributed by atoms with van der Waals surface area (Å²) in [7, 11) is 0. The summed E-state index contributed by atoms with van der Waals surface area (Å²) < 4.78 is 0. The van der Waals surface area contributed by atoms with Gasteiger partial charge in [0.05, 0.1) is 5.02 Å². The van der Waals surface area contributed by atoms with Crippen LogP contribution in [0.1, 0.15) is 5.69 Å². The predicted octanol–water partition coefficient (Wildman–Crippen LogP) is 3.64. The molecule has 3 nitrogen and oxygen atoms in total. The van der Waals surface area contributed by atoms with E-state index in [1.54, 1.807) is 12.3 Å². The lowest BCUT2D eigenvalue weighted by Crippen LogP contribution is -1.89. The molecule has 16 heavy (non-hydrogen) atoms. The van der Waals surface area contributed by atoms with Crippen molar-refractivity contribution in [2.45, 2.75) is 17.0 Å². The summed E-state index contributed by atoms with van der Waals surface area (Å²) in [5, 5.41) is 2.45. The van der Waals surface area contributed by atoms with Gasteiger partial charge >= 0.3 is 0 Å². The molecule has 0 spiro atoms. The third-order valence-corrected chi connectivity index (χ3v) is 2.97. The largest absolute Gasteiger partial charge is 0.248 e. The Kier molecular flexibility index (Phi) is 3.63. The van der Waals surface area contributed by atoms with Crippen LogP contribution in [0, 0.1) is 6.92 Å². The van der Waals surface area contributed by atoms with Gasteiger partial charge in [-0.25, -0.2) is 15.0 Å². The average molecular weight is 272 g/mol. The maximum absolute atomic E-state index is 5.76. The molecule has 0 saturated carbocycles. The fourth-order valence-corrected chi connectivity index (χ4v) is 2.29. The average Bonchev–Trinajstić information content (AvgIpc) is 2.20. The maximum atomic E-state index is 5.76. The van der Waals surface area contributed by atoms with E-state index >= 15 is 0 Å². The monoisotopic (exact) mass is 271 g/mol. The van der Waals surface area contributed by atoms with Crippen LogP contribution in [-0.2, 0) is 0 Å². The first-order valence-electron chi connectivity index (χ1n) is 4.44. The van der Waals surface area contributed by atoms with Gasteiger partial charge in [-0.1, -0.05) is 11.6 Å². The van der Waals surface area contributed by atoms with Gasteiger partial charge in [-0.3, -0.25) is 0 Å². The third kappa shape index (κ3) is 3.07. The Balaban J connectivity index is 2.23. The van der Waals surface area contributed by atoms with E-state index in [9.17, 15) is 0 Å². The van der Waals surface area contributed by atoms with Crippen LogP contribution < -0.4 is 0 Å². The zero-order valence-electron chi connectivity index (χ0n) is 8.32. The van der Waals surface area contributed by atoms with Gasteiger partial charge in [-0.2, -0.15) is 0 Å². The number of aromatic nitrogens is 3. The molecular weight excluding hydrogens is 265 g/mol. The number of pyridine rings is 1. The summed E-state index contributed by atoms with van der Waals surface area (Å²) in [5.41, 5.74) is 0.830. The van der Waals surface area contributed by atoms with E-state index in [0.29, 0.717) is 5.02 Å². The summed E-state index contributed by atoms with van der Waals surface area (Å²) in [6.07, 6.45) is 1.60. The molecule has 0 atom stereocenters. The fraction of sp³-hybridized carbons (Fsp3) is 0.100. The van der Waals surface area contributed by atoms with Crippen molar-refractivity contribution in [3.05, 3.63) is 40.4 Å². The molecule has 0 aliphatic carbocycles. The fourth-order valence-electron chi connectivity index (χ4n) is 1.09. The van der Waals surface area contributed by atoms with Crippen LogP contribution in [-0.4, -0.2) is 15.0 Å². The van der Waals surface area contributed by atoms with Gasteiger partial charge < -0.3 is 0 Å². The first kappa shape index (κ1) is 11.6. The highest BCUT2D eigenvalue weighted by Gasteiger charge is 2.03. The van der Waals surface area contributed by atoms with Crippen molar-refractivity contribution >= 4 is 35.0 Å². The first-order valence-corrected chi connectivity index (χ1v) is 6.01. The van der Waals surface area contributed by atoms with Crippen LogP contribution in [0.25, 0.3) is 0 Å². The van der Waals surface area contributed by atoms with E-state index in [4.69, 9.17) is 23.2 Å². The molecule has 0 aromatic carbocycles. The summed E-state index contributed by atoms with van der Waals surface area (Å²) >= 11 is 12.9. The zero-order chi connectivity index (χ0) is 11.5. The van der Waals surface area contributed by atoms with Gasteiger partial charge in [0.15, 0.2) is 0 Å². The lowest BCUT2D eigenvalue weighted by atomic mass is 10.5. The minimum absolute atomic E-state index is 0.247. The molecule has 0 fully saturated rings. The molecule has 82 valence electrons. The van der Waals surface area contributed by atoms with Crippen molar-refractivity contribution in [3.8, 4) is 0 Å². The van der Waals surface area contributed by atoms with E-state index in [0.717, 1.165) is 15.7 Å². The van der Waals surface area contributed by atoms with Gasteiger partial charge in [0.1, 0.15) is 10.1 Å². The van der Waals surface area contributed by atoms with Crippen LogP contribution in [0.5, 0.6) is 0 Å². The summed E-state index contributed by atoms with van der Waals surface area (Å²) in [4.78, 5) is 12.2. The standard InChI is InChI=1S/C10H7Cl2N3S/c1-6-4-9(15-10(12)14-6)16-8-3-2-7(11)5-13-8/h2-5H,1H3. The second-order valence-electron chi connectivity index (χ2n) is 3.03. The first-order chi connectivity index (χ1) is 7.63. The van der Waals surface area contributed by atoms with Crippen LogP contribution in [0.3, 0.4) is 0 Å². The summed E-state index contributed by atoms with van der Waals surface area (Å²) in [5.74, 6) is 0. The molecule has 2 aromatic heterocycles. The minimum atomic E-state index is 0.247. The van der Waals surface area contributed by atoms with E-state index < -0.39 is 0 Å². The smallest absolute Gasteiger partial charge is 0.223 e. The van der Waals surface area contributed by atoms with E-state index in [1.165, 1.54) is 11.8 Å². The molecule has 0 bridgehead atoms. The molecule has 0 unspecified atom stereocenters. The molecule has 0 saturated heterocycles. The highest BCUT2D eigenvalue weighted by atomic mass is 35.5. The van der Waals surface area contributed by atoms with Gasteiger partial charge in [0, 0.05) is 11.9 Å². The Hall–Kier alpha value is -0.840. The Morgan fingerprint density at radius 3 is 2.56 bits per heavy atom. The quantitative estimate of drug-likeness (QED) is 0.618. The van der Waals surface area contributed by atoms with Crippen LogP contribution in [0.2, 0.25) is 10.3 Å². The lowest BCUT2D eigenvalue weighted by Gasteiger charge is -2.01. The Morgan fingerprint density at radius 1 is 1.12 bits per heavy atom. The zero-order valence-corrected chi connectivity index (χ0v) is 10.6. The Labute approximate surface area is 107 Å². The van der Waals surface area contributed by atoms with E-state index in [2.05, 4.69) is 15.0 Å². The van der Waals surface area contributed by atoms with Crippen molar-refractivity contribution in [2.75, 3.05) is 0 Å². The molecule has 2 aromatic rings. The molecule has 0 amide bonds. The molecule has 6 heteroatoms. The van der Waals surface area contributed by atoms with Crippen molar-refractivity contribution < 1.29 is 0 Å². The Morgan fingerprint density at radius 2 is 1.94 bits per heavy atom. The number of hydrogen-bond donors (Lipinski definition) is 0. The number of nitrogens with zero attached hydrogens (tertiary/aromatic N) is 3. The maximum Gasteiger partial charge on any atom is 0.223 e. The van der Waals surface area contributed by atoms with Gasteiger partial charge in [-0.05, 0) is 48.5 Å². The highest BCUT2D eigenvalue weighted by Crippen LogP contribution is 2.25. The number of halogens is 2. The van der Waals surface area contributed by atoms with Crippen LogP contribution in [0.15, 0.2) is 34.4 Å². The van der Waals surface area contributed by atoms with E-state index in [1.807, 2.05) is 19.1 Å². The van der Waals surface area contributed by atoms with Gasteiger partial charge in [0.2, 0.25) is 5.28 Å². The van der Waals surface area contributed by atoms with Crippen LogP contribution in [0.4, 0.5) is 0 Å². The van der Waals surface area contributed by atoms with Crippen molar-refractivity contribution in [1.82, 2.24) is 15.0 Å². The predicted molar refractivity (Wildman–Crippen MR) is 65.1 cm³/mol. The molecule has 2 rings (SSSR count). The summed E-state index contributed by atoms with van der Waals surface area (Å²) in [6.45, 7) is 1.87. The third-order valence-electron chi connectivity index (χ3n) is 1.71. The van der Waals surface area contributed by atoms with Gasteiger partial charge in [-0.15, -0.1) is 0 Å². The number of aryl methyl sites for hydroxylation is 1. The second-order valence-corrected chi connectivity index (χ2v) is 4.85. The molecule has 0 aliphatic heterocycles. The Bertz CT molecular complexity index is 482. The summed E-state index contributed by atoms with van der Waals surface area (Å²) in [6, 6.07) is 5.47. The normalized spacial score (nSPS) is 10.4. The number of hydrogen-bond acceptors (Lipinski definition) is 4. The van der Waals surface area contributed by atoms with Gasteiger partial charge in [0.25, 0.3) is 0 Å². The van der Waals surface area contributed by atoms with Crippen LogP contribution >= 0.6 is 35.0 Å². The molecule has 2 heterocycles. The minimum Gasteiger partial charge on any atom is -0.248 e. The SMILES string of the molecule is Cc1cc(Sc2ccc(Cl)cn2)nc(Cl)n1. The number of rotatable bonds is 2. The van der Waals surface area contributed by atoms with E-state index in [-0.39, 0.29) is 5.28 Å². The molecule has 0 radical (unpaired) electrons. The highest BCUT2D eigenvalue weighted by molar-refractivity contribution is 7.99. The molecule has 0 aliphatic rings. The van der Waals surface area contributed by atoms with Crippen molar-refractivity contribution in [1.29, 1.82) is 0 Å². The molecule has 0 N–H and O–H groups in total. The second kappa shape index (κ2) is 4.99. The lowest BCUT2D eigenvalue weighted by molar-refractivity contribution is 1.00. The van der Waals surface area contributed by atoms with Crippen molar-refractivity contribution in [3.63, 3.8) is 0 Å². The van der Waals surface area contributed by atoms with Crippen molar-refractivity contribution in [2.24, 2.45) is 0 Å². The molecular formula is C10H7Cl2N3S. The topological polar surface area (TPSA) is 38.7 Å².